The summed E-state index contributed by atoms with van der Waals surface area (Å²) in [6.07, 6.45) is 4.31. The minimum absolute atomic E-state index is 1.05. The molecule has 0 saturated carbocycles. The molecule has 0 spiro atoms. The van der Waals surface area contributed by atoms with Gasteiger partial charge in [-0.15, -0.1) is 0 Å². The van der Waals surface area contributed by atoms with Gasteiger partial charge in [-0.1, -0.05) is 60.7 Å². The Labute approximate surface area is 290 Å². The molecule has 0 radical (unpaired) electrons. The predicted molar refractivity (Wildman–Crippen MR) is 219 cm³/mol. The molecule has 0 heterocycles. The average Bonchev–Trinajstić information content (AvgIpc) is 2.76. The molecular weight excluding hydrogens is 705 g/mol. The normalized spacial score (nSPS) is 14.7. The van der Waals surface area contributed by atoms with Crippen molar-refractivity contribution in [1.29, 1.82) is 0 Å². The molecule has 0 aliphatic rings. The van der Waals surface area contributed by atoms with Crippen LogP contribution in [0.5, 0.6) is 0 Å². The van der Waals surface area contributed by atoms with Gasteiger partial charge in [0.2, 0.25) is 0 Å². The highest BCUT2D eigenvalue weighted by atomic mass is 28.5. The first-order valence-electron chi connectivity index (χ1n) is 16.5. The second kappa shape index (κ2) is 14.9. The third kappa shape index (κ3) is 15.1. The van der Waals surface area contributed by atoms with E-state index in [1.165, 1.54) is 0 Å². The molecule has 46 heavy (non-hydrogen) atoms. The topological polar surface area (TPSA) is 55.4 Å². The van der Waals surface area contributed by atoms with Crippen LogP contribution in [0, 0.1) is 0 Å². The summed E-state index contributed by atoms with van der Waals surface area (Å²) in [6, 6.07) is 17.2. The lowest BCUT2D eigenvalue weighted by Gasteiger charge is -2.43. The number of hydrogen-bond acceptors (Lipinski definition) is 6. The van der Waals surface area contributed by atoms with Crippen molar-refractivity contribution in [2.24, 2.45) is 0 Å². The van der Waals surface area contributed by atoms with Crippen LogP contribution < -0.4 is 10.4 Å². The fourth-order valence-electron chi connectivity index (χ4n) is 4.69. The number of hydrogen-bond donors (Lipinski definition) is 0. The summed E-state index contributed by atoms with van der Waals surface area (Å²) >= 11 is 0. The molecule has 0 atom stereocenters. The zero-order valence-corrected chi connectivity index (χ0v) is 40.2. The Kier molecular flexibility index (Phi) is 13.5. The highest BCUT2D eigenvalue weighted by molar-refractivity contribution is 6.96. The third-order valence-electron chi connectivity index (χ3n) is 5.64. The van der Waals surface area contributed by atoms with Gasteiger partial charge in [0.05, 0.1) is 0 Å². The zero-order valence-electron chi connectivity index (χ0n) is 32.2. The van der Waals surface area contributed by atoms with Crippen molar-refractivity contribution in [2.75, 3.05) is 0 Å². The van der Waals surface area contributed by atoms with Gasteiger partial charge >= 0.3 is 17.6 Å². The molecule has 0 saturated heterocycles. The molecule has 2 rings (SSSR count). The van der Waals surface area contributed by atoms with Crippen molar-refractivity contribution < 1.29 is 24.7 Å². The highest BCUT2D eigenvalue weighted by Gasteiger charge is 2.53. The molecule has 14 heteroatoms. The van der Waals surface area contributed by atoms with Gasteiger partial charge in [0.15, 0.2) is 49.9 Å². The van der Waals surface area contributed by atoms with E-state index in [1.807, 2.05) is 0 Å². The smallest absolute Gasteiger partial charge is 0.414 e. The van der Waals surface area contributed by atoms with E-state index in [9.17, 15) is 0 Å². The maximum Gasteiger partial charge on any atom is 0.505 e. The monoisotopic (exact) mass is 768 g/mol. The van der Waals surface area contributed by atoms with Crippen LogP contribution in [0.2, 0.25) is 118 Å². The Morgan fingerprint density at radius 2 is 0.478 bits per heavy atom. The highest BCUT2D eigenvalue weighted by Crippen LogP contribution is 2.28. The van der Waals surface area contributed by atoms with Gasteiger partial charge < -0.3 is 24.7 Å². The van der Waals surface area contributed by atoms with Crippen molar-refractivity contribution in [3.63, 3.8) is 0 Å². The molecule has 0 aliphatic carbocycles. The predicted octanol–water partition coefficient (Wildman–Crippen LogP) is 9.26. The van der Waals surface area contributed by atoms with E-state index >= 15 is 0 Å². The Bertz CT molecular complexity index is 1110. The van der Waals surface area contributed by atoms with Crippen LogP contribution in [0.15, 0.2) is 48.5 Å². The van der Waals surface area contributed by atoms with Crippen molar-refractivity contribution in [3.8, 4) is 0 Å². The van der Waals surface area contributed by atoms with Crippen molar-refractivity contribution in [2.45, 2.75) is 118 Å². The number of benzene rings is 2. The first kappa shape index (κ1) is 41.8. The Hall–Kier alpha value is -0.325. The van der Waals surface area contributed by atoms with E-state index in [4.69, 9.17) is 24.7 Å². The Morgan fingerprint density at radius 3 is 0.630 bits per heavy atom. The molecule has 2 aromatic carbocycles. The molecular formula is C32H64O6Si8. The van der Waals surface area contributed by atoms with E-state index in [0.717, 1.165) is 21.5 Å². The zero-order chi connectivity index (χ0) is 35.6. The molecule has 0 bridgehead atoms. The molecule has 0 aromatic heterocycles. The van der Waals surface area contributed by atoms with Crippen LogP contribution in [0.3, 0.4) is 0 Å². The van der Waals surface area contributed by atoms with Crippen LogP contribution >= 0.6 is 0 Å². The maximum atomic E-state index is 6.93. The van der Waals surface area contributed by atoms with E-state index in [0.29, 0.717) is 0 Å². The lowest BCUT2D eigenvalue weighted by molar-refractivity contribution is 0.271. The van der Waals surface area contributed by atoms with E-state index in [1.54, 1.807) is 0 Å². The summed E-state index contributed by atoms with van der Waals surface area (Å²) in [5, 5.41) is 2.10. The molecule has 2 aromatic rings. The fraction of sp³-hybridized carbons (Fsp3) is 0.562. The van der Waals surface area contributed by atoms with Gasteiger partial charge in [-0.05, 0) is 129 Å². The lowest BCUT2D eigenvalue weighted by Crippen LogP contribution is -2.67. The third-order valence-corrected chi connectivity index (χ3v) is 28.9. The second-order valence-electron chi connectivity index (χ2n) is 18.0. The number of rotatable bonds is 16. The van der Waals surface area contributed by atoms with Crippen molar-refractivity contribution in [3.05, 3.63) is 59.7 Å². The molecule has 0 aliphatic heterocycles. The van der Waals surface area contributed by atoms with Crippen LogP contribution in [0.1, 0.15) is 11.1 Å². The molecule has 6 nitrogen and oxygen atoms in total. The van der Waals surface area contributed by atoms with Gasteiger partial charge in [-0.3, -0.25) is 0 Å². The average molecular weight is 770 g/mol. The minimum Gasteiger partial charge on any atom is -0.414 e. The van der Waals surface area contributed by atoms with E-state index in [-0.39, 0.29) is 0 Å². The SMILES string of the molecule is C[Si](C)(C)O[Si](O[Si](C)(C)C)(O[Si](C)(C)C)c1ccc(C=Cc2ccc([Si](O[Si](C)(C)C)(O[Si](C)(C)C)O[Si](C)(C)C)cc2)cc1. The van der Waals surface area contributed by atoms with E-state index < -0.39 is 67.5 Å². The quantitative estimate of drug-likeness (QED) is 0.125. The van der Waals surface area contributed by atoms with Crippen LogP contribution in [0.4, 0.5) is 0 Å². The Morgan fingerprint density at radius 1 is 0.304 bits per heavy atom. The largest absolute Gasteiger partial charge is 0.505 e. The Balaban J connectivity index is 2.48. The van der Waals surface area contributed by atoms with Crippen LogP contribution in [0.25, 0.3) is 12.2 Å². The van der Waals surface area contributed by atoms with Gasteiger partial charge in [-0.25, -0.2) is 0 Å². The summed E-state index contributed by atoms with van der Waals surface area (Å²) < 4.78 is 41.6. The summed E-state index contributed by atoms with van der Waals surface area (Å²) in [5.74, 6) is 0. The molecule has 260 valence electrons. The maximum absolute atomic E-state index is 6.93. The van der Waals surface area contributed by atoms with E-state index in [2.05, 4.69) is 179 Å². The molecule has 0 unspecified atom stereocenters. The first-order chi connectivity index (χ1) is 20.4. The molecule has 0 fully saturated rings. The molecule has 0 N–H and O–H groups in total. The van der Waals surface area contributed by atoms with Crippen molar-refractivity contribution in [1.82, 2.24) is 0 Å². The molecule has 0 amide bonds. The summed E-state index contributed by atoms with van der Waals surface area (Å²) in [5.41, 5.74) is 2.22. The fourth-order valence-corrected chi connectivity index (χ4v) is 31.3. The van der Waals surface area contributed by atoms with Crippen molar-refractivity contribution >= 4 is 90.0 Å². The summed E-state index contributed by atoms with van der Waals surface area (Å²) in [6.45, 7) is 39.9. The summed E-state index contributed by atoms with van der Waals surface area (Å²) in [7, 11) is -18.1. The second-order valence-corrected chi connectivity index (χ2v) is 51.6. The first-order valence-corrected chi connectivity index (χ1v) is 40.4. The van der Waals surface area contributed by atoms with Gasteiger partial charge in [0, 0.05) is 10.4 Å². The lowest BCUT2D eigenvalue weighted by atomic mass is 10.1. The summed E-state index contributed by atoms with van der Waals surface area (Å²) in [4.78, 5) is 0. The van der Waals surface area contributed by atoms with Gasteiger partial charge in [-0.2, -0.15) is 0 Å². The van der Waals surface area contributed by atoms with Gasteiger partial charge in [0.1, 0.15) is 0 Å². The minimum atomic E-state index is -3.13. The van der Waals surface area contributed by atoms with Crippen LogP contribution in [-0.4, -0.2) is 67.5 Å². The van der Waals surface area contributed by atoms with Crippen LogP contribution in [-0.2, 0) is 24.7 Å². The van der Waals surface area contributed by atoms with Gasteiger partial charge in [0.25, 0.3) is 0 Å². The standard InChI is InChI=1S/C32H64O6Si8/c1-39(2,3)33-45(34-40(4,5)6,35-41(7,8)9)31-25-21-29(22-26-31)19-20-30-23-27-32(28-24-30)46(36-42(10,11)12,37-43(13,14)15)38-44(16,17)18/h19-28H,1-18H3.